The molecule has 0 aliphatic heterocycles. The standard InChI is InChI=1S/C15H32N2/c1-4-17(15-9-5-6-10-15)12-8-7-11-16-13-14(2)3/h14-16H,4-13H2,1-3H3. The Kier molecular flexibility index (Phi) is 7.87. The van der Waals surface area contributed by atoms with Gasteiger partial charge >= 0.3 is 0 Å². The molecule has 0 spiro atoms. The molecule has 1 N–H and O–H groups in total. The number of hydrogen-bond acceptors (Lipinski definition) is 2. The first-order valence-electron chi connectivity index (χ1n) is 7.68. The van der Waals surface area contributed by atoms with E-state index in [1.54, 1.807) is 0 Å². The fourth-order valence-electron chi connectivity index (χ4n) is 2.82. The van der Waals surface area contributed by atoms with Crippen molar-refractivity contribution in [1.82, 2.24) is 10.2 Å². The monoisotopic (exact) mass is 240 g/mol. The lowest BCUT2D eigenvalue weighted by molar-refractivity contribution is 0.205. The van der Waals surface area contributed by atoms with Crippen molar-refractivity contribution in [3.63, 3.8) is 0 Å². The van der Waals surface area contributed by atoms with Crippen molar-refractivity contribution in [3.8, 4) is 0 Å². The Morgan fingerprint density at radius 2 is 1.88 bits per heavy atom. The van der Waals surface area contributed by atoms with Crippen LogP contribution in [0.4, 0.5) is 0 Å². The van der Waals surface area contributed by atoms with E-state index in [1.807, 2.05) is 0 Å². The van der Waals surface area contributed by atoms with Crippen molar-refractivity contribution in [2.45, 2.75) is 65.3 Å². The topological polar surface area (TPSA) is 15.3 Å². The van der Waals surface area contributed by atoms with Crippen LogP contribution < -0.4 is 5.32 Å². The maximum atomic E-state index is 3.53. The van der Waals surface area contributed by atoms with Gasteiger partial charge in [-0.1, -0.05) is 33.6 Å². The van der Waals surface area contributed by atoms with Crippen molar-refractivity contribution in [2.75, 3.05) is 26.2 Å². The molecule has 0 aromatic heterocycles. The summed E-state index contributed by atoms with van der Waals surface area (Å²) in [6.07, 6.45) is 8.48. The molecule has 0 radical (unpaired) electrons. The molecule has 1 aliphatic carbocycles. The van der Waals surface area contributed by atoms with E-state index in [2.05, 4.69) is 31.0 Å². The molecule has 0 bridgehead atoms. The molecule has 2 nitrogen and oxygen atoms in total. The van der Waals surface area contributed by atoms with E-state index in [4.69, 9.17) is 0 Å². The van der Waals surface area contributed by atoms with Crippen LogP contribution in [0.1, 0.15) is 59.3 Å². The minimum Gasteiger partial charge on any atom is -0.316 e. The summed E-state index contributed by atoms with van der Waals surface area (Å²) in [6.45, 7) is 11.8. The summed E-state index contributed by atoms with van der Waals surface area (Å²) in [5, 5.41) is 3.53. The minimum absolute atomic E-state index is 0.778. The highest BCUT2D eigenvalue weighted by molar-refractivity contribution is 4.76. The lowest BCUT2D eigenvalue weighted by Gasteiger charge is -2.27. The molecule has 102 valence electrons. The summed E-state index contributed by atoms with van der Waals surface area (Å²) >= 11 is 0. The van der Waals surface area contributed by atoms with Crippen LogP contribution in [-0.2, 0) is 0 Å². The smallest absolute Gasteiger partial charge is 0.00951 e. The number of unbranched alkanes of at least 4 members (excludes halogenated alkanes) is 1. The molecule has 2 heteroatoms. The molecular formula is C15H32N2. The quantitative estimate of drug-likeness (QED) is 0.622. The van der Waals surface area contributed by atoms with E-state index in [-0.39, 0.29) is 0 Å². The number of nitrogens with one attached hydrogen (secondary N) is 1. The molecule has 0 amide bonds. The van der Waals surface area contributed by atoms with Crippen molar-refractivity contribution in [2.24, 2.45) is 5.92 Å². The summed E-state index contributed by atoms with van der Waals surface area (Å²) in [7, 11) is 0. The fourth-order valence-corrected chi connectivity index (χ4v) is 2.82. The lowest BCUT2D eigenvalue weighted by Crippen LogP contribution is -2.34. The summed E-state index contributed by atoms with van der Waals surface area (Å²) in [4.78, 5) is 2.70. The molecule has 0 heterocycles. The molecule has 1 aliphatic rings. The van der Waals surface area contributed by atoms with E-state index in [0.717, 1.165) is 12.0 Å². The van der Waals surface area contributed by atoms with Gasteiger partial charge in [-0.25, -0.2) is 0 Å². The van der Waals surface area contributed by atoms with E-state index < -0.39 is 0 Å². The average Bonchev–Trinajstić information content (AvgIpc) is 2.81. The van der Waals surface area contributed by atoms with Gasteiger partial charge in [-0.3, -0.25) is 0 Å². The van der Waals surface area contributed by atoms with Gasteiger partial charge in [0, 0.05) is 6.04 Å². The molecule has 1 rings (SSSR count). The number of rotatable bonds is 9. The van der Waals surface area contributed by atoms with Gasteiger partial charge in [0.15, 0.2) is 0 Å². The van der Waals surface area contributed by atoms with Crippen LogP contribution in [0.25, 0.3) is 0 Å². The highest BCUT2D eigenvalue weighted by atomic mass is 15.1. The minimum atomic E-state index is 0.778. The van der Waals surface area contributed by atoms with Crippen molar-refractivity contribution in [3.05, 3.63) is 0 Å². The van der Waals surface area contributed by atoms with Gasteiger partial charge in [-0.15, -0.1) is 0 Å². The number of hydrogen-bond donors (Lipinski definition) is 1. The molecule has 0 saturated heterocycles. The van der Waals surface area contributed by atoms with Gasteiger partial charge in [0.05, 0.1) is 0 Å². The zero-order valence-electron chi connectivity index (χ0n) is 12.2. The SMILES string of the molecule is CCN(CCCCNCC(C)C)C1CCCC1. The molecule has 0 unspecified atom stereocenters. The van der Waals surface area contributed by atoms with Crippen LogP contribution in [-0.4, -0.2) is 37.1 Å². The van der Waals surface area contributed by atoms with Gasteiger partial charge in [-0.2, -0.15) is 0 Å². The molecule has 17 heavy (non-hydrogen) atoms. The second kappa shape index (κ2) is 8.93. The maximum absolute atomic E-state index is 3.53. The first kappa shape index (κ1) is 15.0. The Hall–Kier alpha value is -0.0800. The van der Waals surface area contributed by atoms with Crippen LogP contribution in [0.2, 0.25) is 0 Å². The molecule has 1 fully saturated rings. The van der Waals surface area contributed by atoms with E-state index in [0.29, 0.717) is 0 Å². The lowest BCUT2D eigenvalue weighted by atomic mass is 10.2. The first-order valence-corrected chi connectivity index (χ1v) is 7.68. The largest absolute Gasteiger partial charge is 0.316 e. The zero-order valence-corrected chi connectivity index (χ0v) is 12.2. The average molecular weight is 240 g/mol. The zero-order chi connectivity index (χ0) is 12.5. The Labute approximate surface area is 108 Å². The normalized spacial score (nSPS) is 17.5. The summed E-state index contributed by atoms with van der Waals surface area (Å²) < 4.78 is 0. The first-order chi connectivity index (χ1) is 8.24. The Bertz CT molecular complexity index is 174. The van der Waals surface area contributed by atoms with Gasteiger partial charge in [0.1, 0.15) is 0 Å². The highest BCUT2D eigenvalue weighted by Gasteiger charge is 2.20. The van der Waals surface area contributed by atoms with Crippen molar-refractivity contribution in [1.29, 1.82) is 0 Å². The second-order valence-corrected chi connectivity index (χ2v) is 5.87. The molecule has 0 atom stereocenters. The Morgan fingerprint density at radius 3 is 2.47 bits per heavy atom. The van der Waals surface area contributed by atoms with Gasteiger partial charge in [0.2, 0.25) is 0 Å². The second-order valence-electron chi connectivity index (χ2n) is 5.87. The van der Waals surface area contributed by atoms with E-state index in [9.17, 15) is 0 Å². The molecule has 1 saturated carbocycles. The van der Waals surface area contributed by atoms with Crippen molar-refractivity contribution >= 4 is 0 Å². The Balaban J connectivity index is 1.99. The third-order valence-electron chi connectivity index (χ3n) is 3.85. The van der Waals surface area contributed by atoms with Crippen LogP contribution >= 0.6 is 0 Å². The maximum Gasteiger partial charge on any atom is 0.00951 e. The van der Waals surface area contributed by atoms with Crippen molar-refractivity contribution < 1.29 is 0 Å². The van der Waals surface area contributed by atoms with E-state index >= 15 is 0 Å². The summed E-state index contributed by atoms with van der Waals surface area (Å²) in [5.74, 6) is 0.778. The highest BCUT2D eigenvalue weighted by Crippen LogP contribution is 2.23. The van der Waals surface area contributed by atoms with Gasteiger partial charge in [0.25, 0.3) is 0 Å². The summed E-state index contributed by atoms with van der Waals surface area (Å²) in [5.41, 5.74) is 0. The van der Waals surface area contributed by atoms with Gasteiger partial charge < -0.3 is 10.2 Å². The van der Waals surface area contributed by atoms with Crippen LogP contribution in [0.5, 0.6) is 0 Å². The molecular weight excluding hydrogens is 208 g/mol. The molecule has 0 aromatic rings. The third kappa shape index (κ3) is 6.42. The molecule has 0 aromatic carbocycles. The summed E-state index contributed by atoms with van der Waals surface area (Å²) in [6, 6.07) is 0.906. The van der Waals surface area contributed by atoms with E-state index in [1.165, 1.54) is 64.7 Å². The Morgan fingerprint density at radius 1 is 1.18 bits per heavy atom. The number of nitrogens with zero attached hydrogens (tertiary/aromatic N) is 1. The predicted molar refractivity (Wildman–Crippen MR) is 76.4 cm³/mol. The third-order valence-corrected chi connectivity index (χ3v) is 3.85. The van der Waals surface area contributed by atoms with Crippen LogP contribution in [0.3, 0.4) is 0 Å². The predicted octanol–water partition coefficient (Wildman–Crippen LogP) is 3.28. The van der Waals surface area contributed by atoms with Gasteiger partial charge in [-0.05, 0) is 57.8 Å². The van der Waals surface area contributed by atoms with Crippen LogP contribution in [0.15, 0.2) is 0 Å². The fraction of sp³-hybridized carbons (Fsp3) is 1.00. The van der Waals surface area contributed by atoms with Crippen LogP contribution in [0, 0.1) is 5.92 Å².